The smallest absolute Gasteiger partial charge is 0.321 e. The Morgan fingerprint density at radius 1 is 1.42 bits per heavy atom. The summed E-state index contributed by atoms with van der Waals surface area (Å²) in [6.07, 6.45) is 3.33. The van der Waals surface area contributed by atoms with Gasteiger partial charge in [0.1, 0.15) is 12.1 Å². The first-order valence-corrected chi connectivity index (χ1v) is 8.38. The van der Waals surface area contributed by atoms with E-state index >= 15 is 0 Å². The van der Waals surface area contributed by atoms with Gasteiger partial charge in [0.25, 0.3) is 0 Å². The number of nitrogens with one attached hydrogen (secondary N) is 2. The predicted octanol–water partition coefficient (Wildman–Crippen LogP) is 1.15. The summed E-state index contributed by atoms with van der Waals surface area (Å²) in [7, 11) is 0. The molecule has 2 N–H and O–H groups in total. The number of fused-ring (bicyclic) bond motifs is 1. The van der Waals surface area contributed by atoms with Gasteiger partial charge in [0, 0.05) is 36.6 Å². The molecule has 3 aromatic heterocycles. The van der Waals surface area contributed by atoms with E-state index in [2.05, 4.69) is 35.8 Å². The second-order valence-corrected chi connectivity index (χ2v) is 6.94. The minimum absolute atomic E-state index is 0.216. The van der Waals surface area contributed by atoms with Crippen molar-refractivity contribution < 1.29 is 4.79 Å². The van der Waals surface area contributed by atoms with Crippen LogP contribution in [0.4, 0.5) is 15.7 Å². The highest BCUT2D eigenvalue weighted by Gasteiger charge is 2.28. The van der Waals surface area contributed by atoms with Gasteiger partial charge in [-0.25, -0.2) is 9.78 Å². The molecule has 0 saturated carbocycles. The number of urea groups is 1. The molecule has 4 heterocycles. The largest absolute Gasteiger partial charge is 0.354 e. The van der Waals surface area contributed by atoms with Gasteiger partial charge in [0.05, 0.1) is 0 Å². The van der Waals surface area contributed by atoms with Crippen LogP contribution in [0.5, 0.6) is 0 Å². The van der Waals surface area contributed by atoms with Gasteiger partial charge in [0.2, 0.25) is 0 Å². The van der Waals surface area contributed by atoms with Crippen molar-refractivity contribution in [3.05, 3.63) is 29.5 Å². The number of rotatable bonds is 4. The maximum Gasteiger partial charge on any atom is 0.321 e. The van der Waals surface area contributed by atoms with Crippen LogP contribution in [0.25, 0.3) is 5.65 Å². The minimum Gasteiger partial charge on any atom is -0.354 e. The zero-order valence-electron chi connectivity index (χ0n) is 13.0. The summed E-state index contributed by atoms with van der Waals surface area (Å²) in [5.74, 6) is 1.30. The molecule has 124 valence electrons. The zero-order chi connectivity index (χ0) is 16.5. The lowest BCUT2D eigenvalue weighted by atomic mass is 10.0. The highest BCUT2D eigenvalue weighted by Crippen LogP contribution is 2.22. The Bertz CT molecular complexity index is 868. The summed E-state index contributed by atoms with van der Waals surface area (Å²) in [6, 6.07) is 3.61. The molecule has 0 spiro atoms. The third kappa shape index (κ3) is 3.00. The number of amides is 2. The standard InChI is InChI=1S/C14H16N8OS/c1-9-4-16-14(24-9)18-13(23)15-5-10-6-21(7-10)12-3-2-11-19-17-8-22(11)20-12/h2-4,8,10H,5-7H2,1H3,(H2,15,16,18,23). The van der Waals surface area contributed by atoms with Crippen LogP contribution in [-0.4, -0.2) is 50.5 Å². The van der Waals surface area contributed by atoms with Crippen LogP contribution < -0.4 is 15.5 Å². The van der Waals surface area contributed by atoms with Gasteiger partial charge in [0.15, 0.2) is 10.8 Å². The molecule has 2 amide bonds. The van der Waals surface area contributed by atoms with Crippen LogP contribution in [0, 0.1) is 12.8 Å². The molecule has 0 unspecified atom stereocenters. The first-order valence-electron chi connectivity index (χ1n) is 7.57. The molecule has 0 aromatic carbocycles. The predicted molar refractivity (Wildman–Crippen MR) is 90.4 cm³/mol. The normalized spacial score (nSPS) is 14.6. The van der Waals surface area contributed by atoms with Gasteiger partial charge in [-0.1, -0.05) is 0 Å². The molecule has 10 heteroatoms. The Labute approximate surface area is 141 Å². The van der Waals surface area contributed by atoms with E-state index in [1.807, 2.05) is 19.1 Å². The summed E-state index contributed by atoms with van der Waals surface area (Å²) in [5.41, 5.74) is 0.728. The van der Waals surface area contributed by atoms with E-state index in [1.165, 1.54) is 11.3 Å². The van der Waals surface area contributed by atoms with E-state index in [0.29, 0.717) is 17.6 Å². The minimum atomic E-state index is -0.216. The van der Waals surface area contributed by atoms with Crippen molar-refractivity contribution in [2.75, 3.05) is 29.9 Å². The average Bonchev–Trinajstić information content (AvgIpc) is 3.14. The number of carbonyl (C=O) groups is 1. The van der Waals surface area contributed by atoms with Crippen molar-refractivity contribution in [1.29, 1.82) is 0 Å². The highest BCUT2D eigenvalue weighted by atomic mass is 32.1. The molecule has 0 atom stereocenters. The van der Waals surface area contributed by atoms with Crippen LogP contribution in [0.2, 0.25) is 0 Å². The number of nitrogens with zero attached hydrogens (tertiary/aromatic N) is 6. The van der Waals surface area contributed by atoms with Crippen LogP contribution in [-0.2, 0) is 0 Å². The lowest BCUT2D eigenvalue weighted by Gasteiger charge is -2.40. The molecule has 1 fully saturated rings. The summed E-state index contributed by atoms with van der Waals surface area (Å²) in [4.78, 5) is 19.2. The molecule has 0 bridgehead atoms. The number of anilines is 2. The summed E-state index contributed by atoms with van der Waals surface area (Å²) >= 11 is 1.46. The molecule has 0 radical (unpaired) electrons. The maximum absolute atomic E-state index is 11.8. The molecule has 1 aliphatic heterocycles. The van der Waals surface area contributed by atoms with Gasteiger partial charge >= 0.3 is 6.03 Å². The quantitative estimate of drug-likeness (QED) is 0.736. The molecular formula is C14H16N8OS. The number of hydrogen-bond donors (Lipinski definition) is 2. The molecule has 3 aromatic rings. The molecule has 1 aliphatic rings. The molecule has 4 rings (SSSR count). The van der Waals surface area contributed by atoms with Gasteiger partial charge in [-0.05, 0) is 19.1 Å². The third-order valence-corrected chi connectivity index (χ3v) is 4.65. The Kier molecular flexibility index (Phi) is 3.73. The van der Waals surface area contributed by atoms with Crippen molar-refractivity contribution in [3.63, 3.8) is 0 Å². The number of thiazole rings is 1. The maximum atomic E-state index is 11.8. The Balaban J connectivity index is 1.24. The zero-order valence-corrected chi connectivity index (χ0v) is 13.8. The van der Waals surface area contributed by atoms with Crippen LogP contribution in [0.1, 0.15) is 4.88 Å². The van der Waals surface area contributed by atoms with E-state index < -0.39 is 0 Å². The van der Waals surface area contributed by atoms with Gasteiger partial charge in [-0.3, -0.25) is 5.32 Å². The summed E-state index contributed by atoms with van der Waals surface area (Å²) < 4.78 is 1.66. The van der Waals surface area contributed by atoms with Crippen molar-refractivity contribution in [1.82, 2.24) is 30.1 Å². The van der Waals surface area contributed by atoms with Crippen LogP contribution >= 0.6 is 11.3 Å². The van der Waals surface area contributed by atoms with Gasteiger partial charge < -0.3 is 10.2 Å². The highest BCUT2D eigenvalue weighted by molar-refractivity contribution is 7.15. The fraction of sp³-hybridized carbons (Fsp3) is 0.357. The van der Waals surface area contributed by atoms with Crippen molar-refractivity contribution >= 4 is 34.0 Å². The Morgan fingerprint density at radius 3 is 3.08 bits per heavy atom. The monoisotopic (exact) mass is 344 g/mol. The number of aromatic nitrogens is 5. The van der Waals surface area contributed by atoms with E-state index in [-0.39, 0.29) is 6.03 Å². The summed E-state index contributed by atoms with van der Waals surface area (Å²) in [5, 5.41) is 18.5. The SMILES string of the molecule is Cc1cnc(NC(=O)NCC2CN(c3ccc4nncn4n3)C2)s1. The van der Waals surface area contributed by atoms with E-state index in [4.69, 9.17) is 0 Å². The molecule has 24 heavy (non-hydrogen) atoms. The van der Waals surface area contributed by atoms with Gasteiger partial charge in [-0.2, -0.15) is 4.52 Å². The first-order chi connectivity index (χ1) is 11.7. The fourth-order valence-corrected chi connectivity index (χ4v) is 3.22. The van der Waals surface area contributed by atoms with Crippen molar-refractivity contribution in [3.8, 4) is 0 Å². The second-order valence-electron chi connectivity index (χ2n) is 5.71. The Morgan fingerprint density at radius 2 is 2.29 bits per heavy atom. The van der Waals surface area contributed by atoms with Crippen molar-refractivity contribution in [2.24, 2.45) is 5.92 Å². The van der Waals surface area contributed by atoms with Crippen LogP contribution in [0.3, 0.4) is 0 Å². The molecular weight excluding hydrogens is 328 g/mol. The first kappa shape index (κ1) is 14.8. The Hall–Kier alpha value is -2.75. The number of carbonyl (C=O) groups excluding carboxylic acids is 1. The lowest BCUT2D eigenvalue weighted by molar-refractivity contribution is 0.248. The molecule has 0 aliphatic carbocycles. The van der Waals surface area contributed by atoms with Crippen molar-refractivity contribution in [2.45, 2.75) is 6.92 Å². The van der Waals surface area contributed by atoms with E-state index in [1.54, 1.807) is 17.0 Å². The molecule has 9 nitrogen and oxygen atoms in total. The lowest BCUT2D eigenvalue weighted by Crippen LogP contribution is -2.52. The van der Waals surface area contributed by atoms with E-state index in [0.717, 1.165) is 29.4 Å². The number of aryl methyl sites for hydroxylation is 1. The summed E-state index contributed by atoms with van der Waals surface area (Å²) in [6.45, 7) is 4.30. The van der Waals surface area contributed by atoms with Gasteiger partial charge in [-0.15, -0.1) is 26.6 Å². The third-order valence-electron chi connectivity index (χ3n) is 3.82. The second kappa shape index (κ2) is 6.04. The van der Waals surface area contributed by atoms with E-state index in [9.17, 15) is 4.79 Å². The molecule has 1 saturated heterocycles. The fourth-order valence-electron chi connectivity index (χ4n) is 2.56. The average molecular weight is 344 g/mol. The van der Waals surface area contributed by atoms with Crippen LogP contribution in [0.15, 0.2) is 24.7 Å². The topological polar surface area (TPSA) is 100 Å². The number of hydrogen-bond acceptors (Lipinski definition) is 7.